The fraction of sp³-hybridized carbons (Fsp3) is 0.357. The number of aromatic nitrogens is 2. The lowest BCUT2D eigenvalue weighted by Gasteiger charge is -2.09. The van der Waals surface area contributed by atoms with Gasteiger partial charge in [0.2, 0.25) is 0 Å². The largest absolute Gasteiger partial charge is 0.494 e. The number of hydrogen-bond acceptors (Lipinski definition) is 5. The Hall–Kier alpha value is -2.57. The molecule has 1 N–H and O–H groups in total. The first-order valence-corrected chi connectivity index (χ1v) is 6.75. The average Bonchev–Trinajstić information content (AvgIpc) is 2.78. The van der Waals surface area contributed by atoms with E-state index >= 15 is 0 Å². The number of nitro benzene ring substituents is 1. The lowest BCUT2D eigenvalue weighted by molar-refractivity contribution is -0.384. The number of aryl methyl sites for hydroxylation is 2. The molecule has 0 saturated carbocycles. The van der Waals surface area contributed by atoms with E-state index in [1.807, 2.05) is 27.1 Å². The number of hydrogen-bond donors (Lipinski definition) is 1. The van der Waals surface area contributed by atoms with Crippen LogP contribution < -0.4 is 10.1 Å². The molecule has 1 heterocycles. The maximum Gasteiger partial charge on any atom is 0.275 e. The van der Waals surface area contributed by atoms with Crippen molar-refractivity contribution in [3.63, 3.8) is 0 Å². The first-order valence-electron chi connectivity index (χ1n) is 6.75. The molecule has 0 aliphatic carbocycles. The number of ether oxygens (including phenoxy) is 1. The Morgan fingerprint density at radius 3 is 2.76 bits per heavy atom. The van der Waals surface area contributed by atoms with Gasteiger partial charge in [-0.2, -0.15) is 5.10 Å². The molecule has 1 aromatic heterocycles. The molecule has 2 rings (SSSR count). The molecule has 7 nitrogen and oxygen atoms in total. The smallest absolute Gasteiger partial charge is 0.275 e. The van der Waals surface area contributed by atoms with E-state index in [0.717, 1.165) is 17.8 Å². The van der Waals surface area contributed by atoms with Gasteiger partial charge in [-0.25, -0.2) is 0 Å². The third-order valence-electron chi connectivity index (χ3n) is 2.93. The summed E-state index contributed by atoms with van der Waals surface area (Å²) in [5.41, 5.74) is 2.34. The molecular formula is C14H18N4O3. The Kier molecular flexibility index (Phi) is 4.42. The normalized spacial score (nSPS) is 10.4. The molecule has 1 aromatic carbocycles. The van der Waals surface area contributed by atoms with Crippen LogP contribution in [0.5, 0.6) is 5.75 Å². The highest BCUT2D eigenvalue weighted by atomic mass is 16.6. The molecule has 0 atom stereocenters. The monoisotopic (exact) mass is 290 g/mol. The summed E-state index contributed by atoms with van der Waals surface area (Å²) in [4.78, 5) is 10.6. The standard InChI is InChI=1S/C14H18N4O3/c1-4-13-14(9-17(3)16-13)15-10-6-11(18(19)20)8-12(7-10)21-5-2/h6-9,15H,4-5H2,1-3H3. The molecule has 0 saturated heterocycles. The first kappa shape index (κ1) is 14.8. The van der Waals surface area contributed by atoms with Crippen LogP contribution in [0.3, 0.4) is 0 Å². The molecule has 7 heteroatoms. The van der Waals surface area contributed by atoms with Gasteiger partial charge in [0.1, 0.15) is 5.75 Å². The maximum atomic E-state index is 11.0. The van der Waals surface area contributed by atoms with Crippen LogP contribution in [0, 0.1) is 10.1 Å². The number of nitrogens with zero attached hydrogens (tertiary/aromatic N) is 3. The van der Waals surface area contributed by atoms with Gasteiger partial charge in [0.05, 0.1) is 29.0 Å². The zero-order valence-corrected chi connectivity index (χ0v) is 12.3. The summed E-state index contributed by atoms with van der Waals surface area (Å²) in [5.74, 6) is 0.469. The second kappa shape index (κ2) is 6.25. The van der Waals surface area contributed by atoms with Crippen LogP contribution in [0.1, 0.15) is 19.5 Å². The summed E-state index contributed by atoms with van der Waals surface area (Å²) in [5, 5.41) is 18.5. The van der Waals surface area contributed by atoms with Gasteiger partial charge in [0.25, 0.3) is 5.69 Å². The Bertz CT molecular complexity index is 652. The van der Waals surface area contributed by atoms with Gasteiger partial charge in [-0.1, -0.05) is 6.92 Å². The molecule has 0 radical (unpaired) electrons. The highest BCUT2D eigenvalue weighted by Gasteiger charge is 2.12. The minimum atomic E-state index is -0.433. The van der Waals surface area contributed by atoms with Crippen LogP contribution in [0.25, 0.3) is 0 Å². The van der Waals surface area contributed by atoms with E-state index in [2.05, 4.69) is 10.4 Å². The number of rotatable bonds is 6. The van der Waals surface area contributed by atoms with Crippen LogP contribution in [0.15, 0.2) is 24.4 Å². The Morgan fingerprint density at radius 1 is 1.38 bits per heavy atom. The van der Waals surface area contributed by atoms with E-state index in [1.165, 1.54) is 12.1 Å². The Balaban J connectivity index is 2.35. The molecule has 0 unspecified atom stereocenters. The number of anilines is 2. The summed E-state index contributed by atoms with van der Waals surface area (Å²) in [6, 6.07) is 4.64. The highest BCUT2D eigenvalue weighted by Crippen LogP contribution is 2.29. The van der Waals surface area contributed by atoms with E-state index in [1.54, 1.807) is 10.7 Å². The number of nitro groups is 1. The van der Waals surface area contributed by atoms with Gasteiger partial charge in [0, 0.05) is 31.1 Å². The number of non-ortho nitro benzene ring substituents is 1. The van der Waals surface area contributed by atoms with Crippen LogP contribution in [0.2, 0.25) is 0 Å². The quantitative estimate of drug-likeness (QED) is 0.653. The molecular weight excluding hydrogens is 272 g/mol. The molecule has 0 aliphatic heterocycles. The molecule has 2 aromatic rings. The second-order valence-corrected chi connectivity index (χ2v) is 4.55. The zero-order valence-electron chi connectivity index (χ0n) is 12.3. The van der Waals surface area contributed by atoms with Crippen molar-refractivity contribution in [3.8, 4) is 5.75 Å². The molecule has 0 fully saturated rings. The van der Waals surface area contributed by atoms with Crippen molar-refractivity contribution in [1.82, 2.24) is 9.78 Å². The fourth-order valence-corrected chi connectivity index (χ4v) is 2.07. The van der Waals surface area contributed by atoms with Gasteiger partial charge in [-0.15, -0.1) is 0 Å². The number of nitrogens with one attached hydrogen (secondary N) is 1. The molecule has 0 aliphatic rings. The van der Waals surface area contributed by atoms with Gasteiger partial charge in [0.15, 0.2) is 0 Å². The van der Waals surface area contributed by atoms with Crippen molar-refractivity contribution < 1.29 is 9.66 Å². The van der Waals surface area contributed by atoms with E-state index in [9.17, 15) is 10.1 Å². The topological polar surface area (TPSA) is 82.2 Å². The van der Waals surface area contributed by atoms with Gasteiger partial charge >= 0.3 is 0 Å². The van der Waals surface area contributed by atoms with Crippen LogP contribution in [-0.2, 0) is 13.5 Å². The molecule has 21 heavy (non-hydrogen) atoms. The van der Waals surface area contributed by atoms with Crippen molar-refractivity contribution in [2.75, 3.05) is 11.9 Å². The molecule has 112 valence electrons. The fourth-order valence-electron chi connectivity index (χ4n) is 2.07. The SMILES string of the molecule is CCOc1cc(Nc2cn(C)nc2CC)cc([N+](=O)[O-])c1. The highest BCUT2D eigenvalue weighted by molar-refractivity contribution is 5.65. The summed E-state index contributed by atoms with van der Waals surface area (Å²) in [6.07, 6.45) is 2.62. The zero-order chi connectivity index (χ0) is 15.4. The van der Waals surface area contributed by atoms with Gasteiger partial charge < -0.3 is 10.1 Å². The minimum Gasteiger partial charge on any atom is -0.494 e. The van der Waals surface area contributed by atoms with E-state index in [4.69, 9.17) is 4.74 Å². The Morgan fingerprint density at radius 2 is 2.14 bits per heavy atom. The lowest BCUT2D eigenvalue weighted by atomic mass is 10.2. The average molecular weight is 290 g/mol. The Labute approximate surface area is 122 Å². The summed E-state index contributed by atoms with van der Waals surface area (Å²) in [6.45, 7) is 4.29. The van der Waals surface area contributed by atoms with Crippen molar-refractivity contribution in [1.29, 1.82) is 0 Å². The van der Waals surface area contributed by atoms with Crippen LogP contribution >= 0.6 is 0 Å². The number of benzene rings is 1. The van der Waals surface area contributed by atoms with E-state index < -0.39 is 4.92 Å². The predicted molar refractivity (Wildman–Crippen MR) is 80.1 cm³/mol. The third-order valence-corrected chi connectivity index (χ3v) is 2.93. The summed E-state index contributed by atoms with van der Waals surface area (Å²) >= 11 is 0. The predicted octanol–water partition coefficient (Wildman–Crippen LogP) is 3.03. The van der Waals surface area contributed by atoms with Crippen molar-refractivity contribution >= 4 is 17.1 Å². The lowest BCUT2D eigenvalue weighted by Crippen LogP contribution is -1.98. The van der Waals surface area contributed by atoms with E-state index in [0.29, 0.717) is 18.0 Å². The van der Waals surface area contributed by atoms with Crippen molar-refractivity contribution in [3.05, 3.63) is 40.2 Å². The summed E-state index contributed by atoms with van der Waals surface area (Å²) in [7, 11) is 1.84. The van der Waals surface area contributed by atoms with Crippen LogP contribution in [-0.4, -0.2) is 21.3 Å². The minimum absolute atomic E-state index is 0.00890. The third kappa shape index (κ3) is 3.50. The van der Waals surface area contributed by atoms with Gasteiger partial charge in [-0.05, 0) is 13.3 Å². The second-order valence-electron chi connectivity index (χ2n) is 4.55. The van der Waals surface area contributed by atoms with Crippen molar-refractivity contribution in [2.45, 2.75) is 20.3 Å². The van der Waals surface area contributed by atoms with Crippen molar-refractivity contribution in [2.24, 2.45) is 7.05 Å². The first-order chi connectivity index (χ1) is 10.0. The summed E-state index contributed by atoms with van der Waals surface area (Å²) < 4.78 is 7.08. The molecule has 0 bridgehead atoms. The molecule has 0 amide bonds. The van der Waals surface area contributed by atoms with Gasteiger partial charge in [-0.3, -0.25) is 14.8 Å². The van der Waals surface area contributed by atoms with Crippen LogP contribution in [0.4, 0.5) is 17.1 Å². The van der Waals surface area contributed by atoms with E-state index in [-0.39, 0.29) is 5.69 Å². The maximum absolute atomic E-state index is 11.0. The molecule has 0 spiro atoms.